The molecule has 0 aromatic heterocycles. The van der Waals surface area contributed by atoms with E-state index in [4.69, 9.17) is 5.21 Å². The molecular weight excluding hydrogens is 132 g/mol. The number of nitrogens with one attached hydrogen (secondary N) is 2. The molecule has 0 aromatic carbocycles. The number of hydrogen-bond acceptors (Lipinski definition) is 3. The van der Waals surface area contributed by atoms with Gasteiger partial charge in [-0.05, 0) is 19.4 Å². The van der Waals surface area contributed by atoms with Crippen molar-refractivity contribution < 1.29 is 10.0 Å². The van der Waals surface area contributed by atoms with E-state index in [1.807, 2.05) is 0 Å². The van der Waals surface area contributed by atoms with Crippen LogP contribution in [0.25, 0.3) is 0 Å². The van der Waals surface area contributed by atoms with E-state index in [1.165, 1.54) is 0 Å². The Bertz CT molecular complexity index is 121. The maximum Gasteiger partial charge on any atom is 0.260 e. The Hall–Kier alpha value is -0.610. The molecule has 0 aromatic rings. The molecule has 1 aliphatic heterocycles. The van der Waals surface area contributed by atoms with Gasteiger partial charge in [-0.2, -0.15) is 0 Å². The normalized spacial score (nSPS) is 25.9. The quantitative estimate of drug-likeness (QED) is 0.347. The number of hydroxylamine groups is 1. The fourth-order valence-corrected chi connectivity index (χ4v) is 1.15. The molecule has 1 fully saturated rings. The van der Waals surface area contributed by atoms with Crippen LogP contribution in [0.5, 0.6) is 0 Å². The van der Waals surface area contributed by atoms with Gasteiger partial charge >= 0.3 is 0 Å². The topological polar surface area (TPSA) is 61.4 Å². The lowest BCUT2D eigenvalue weighted by Gasteiger charge is -2.20. The predicted octanol–water partition coefficient (Wildman–Crippen LogP) is -0.366. The van der Waals surface area contributed by atoms with Crippen LogP contribution in [0.2, 0.25) is 0 Å². The molecule has 0 spiro atoms. The van der Waals surface area contributed by atoms with Crippen molar-refractivity contribution in [1.29, 1.82) is 0 Å². The van der Waals surface area contributed by atoms with Gasteiger partial charge in [0.1, 0.15) is 0 Å². The Labute approximate surface area is 59.6 Å². The van der Waals surface area contributed by atoms with Crippen molar-refractivity contribution in [2.24, 2.45) is 0 Å². The molecule has 58 valence electrons. The molecule has 1 atom stereocenters. The second kappa shape index (κ2) is 3.53. The summed E-state index contributed by atoms with van der Waals surface area (Å²) >= 11 is 0. The SMILES string of the molecule is O=C(NO)[C@@H]1CCCCN1. The molecular formula is C6H12N2O2. The maximum absolute atomic E-state index is 10.7. The molecule has 1 heterocycles. The van der Waals surface area contributed by atoms with Crippen LogP contribution in [0.1, 0.15) is 19.3 Å². The molecule has 1 saturated heterocycles. The zero-order valence-corrected chi connectivity index (χ0v) is 5.76. The molecule has 4 nitrogen and oxygen atoms in total. The lowest BCUT2D eigenvalue weighted by atomic mass is 10.1. The third-order valence-corrected chi connectivity index (χ3v) is 1.74. The molecule has 0 aliphatic carbocycles. The molecule has 0 bridgehead atoms. The predicted molar refractivity (Wildman–Crippen MR) is 35.6 cm³/mol. The van der Waals surface area contributed by atoms with Crippen molar-refractivity contribution in [2.45, 2.75) is 25.3 Å². The van der Waals surface area contributed by atoms with Gasteiger partial charge in [0.2, 0.25) is 0 Å². The Kier molecular flexibility index (Phi) is 2.65. The van der Waals surface area contributed by atoms with Gasteiger partial charge in [-0.3, -0.25) is 10.0 Å². The summed E-state index contributed by atoms with van der Waals surface area (Å²) in [5.41, 5.74) is 1.63. The van der Waals surface area contributed by atoms with E-state index in [9.17, 15) is 4.79 Å². The van der Waals surface area contributed by atoms with E-state index in [2.05, 4.69) is 5.32 Å². The summed E-state index contributed by atoms with van der Waals surface area (Å²) in [7, 11) is 0. The third kappa shape index (κ3) is 1.68. The Balaban J connectivity index is 2.31. The molecule has 1 rings (SSSR count). The Morgan fingerprint density at radius 3 is 2.90 bits per heavy atom. The first-order chi connectivity index (χ1) is 4.84. The number of rotatable bonds is 1. The highest BCUT2D eigenvalue weighted by Gasteiger charge is 2.19. The smallest absolute Gasteiger partial charge is 0.260 e. The van der Waals surface area contributed by atoms with Crippen LogP contribution in [0.3, 0.4) is 0 Å². The number of hydrogen-bond donors (Lipinski definition) is 3. The highest BCUT2D eigenvalue weighted by Crippen LogP contribution is 2.05. The van der Waals surface area contributed by atoms with Crippen molar-refractivity contribution in [2.75, 3.05) is 6.54 Å². The van der Waals surface area contributed by atoms with Crippen molar-refractivity contribution in [1.82, 2.24) is 10.8 Å². The summed E-state index contributed by atoms with van der Waals surface area (Å²) in [4.78, 5) is 10.7. The molecule has 3 N–H and O–H groups in total. The second-order valence-electron chi connectivity index (χ2n) is 2.48. The maximum atomic E-state index is 10.7. The summed E-state index contributed by atoms with van der Waals surface area (Å²) < 4.78 is 0. The van der Waals surface area contributed by atoms with E-state index >= 15 is 0 Å². The fraction of sp³-hybridized carbons (Fsp3) is 0.833. The summed E-state index contributed by atoms with van der Waals surface area (Å²) in [6.45, 7) is 0.873. The monoisotopic (exact) mass is 144 g/mol. The van der Waals surface area contributed by atoms with Crippen LogP contribution in [0.4, 0.5) is 0 Å². The average Bonchev–Trinajstić information content (AvgIpc) is 2.05. The Morgan fingerprint density at radius 2 is 2.40 bits per heavy atom. The van der Waals surface area contributed by atoms with E-state index < -0.39 is 0 Å². The molecule has 4 heteroatoms. The van der Waals surface area contributed by atoms with E-state index in [1.54, 1.807) is 5.48 Å². The lowest BCUT2D eigenvalue weighted by Crippen LogP contribution is -2.45. The number of piperidine rings is 1. The highest BCUT2D eigenvalue weighted by molar-refractivity contribution is 5.80. The van der Waals surface area contributed by atoms with Crippen molar-refractivity contribution in [3.8, 4) is 0 Å². The third-order valence-electron chi connectivity index (χ3n) is 1.74. The number of amides is 1. The van der Waals surface area contributed by atoms with Crippen LogP contribution in [-0.2, 0) is 4.79 Å². The highest BCUT2D eigenvalue weighted by atomic mass is 16.5. The summed E-state index contributed by atoms with van der Waals surface area (Å²) in [6.07, 6.45) is 3.01. The first-order valence-electron chi connectivity index (χ1n) is 3.52. The molecule has 0 radical (unpaired) electrons. The van der Waals surface area contributed by atoms with Gasteiger partial charge in [0, 0.05) is 0 Å². The van der Waals surface area contributed by atoms with Gasteiger partial charge in [0.25, 0.3) is 5.91 Å². The average molecular weight is 144 g/mol. The fourth-order valence-electron chi connectivity index (χ4n) is 1.15. The van der Waals surface area contributed by atoms with Gasteiger partial charge in [0.05, 0.1) is 6.04 Å². The lowest BCUT2D eigenvalue weighted by molar-refractivity contribution is -0.131. The van der Waals surface area contributed by atoms with Crippen molar-refractivity contribution in [3.63, 3.8) is 0 Å². The van der Waals surface area contributed by atoms with Crippen LogP contribution in [0, 0.1) is 0 Å². The van der Waals surface area contributed by atoms with Gasteiger partial charge in [0.15, 0.2) is 0 Å². The zero-order chi connectivity index (χ0) is 7.40. The van der Waals surface area contributed by atoms with Crippen LogP contribution < -0.4 is 10.8 Å². The first kappa shape index (κ1) is 7.50. The van der Waals surface area contributed by atoms with Crippen LogP contribution in [0.15, 0.2) is 0 Å². The van der Waals surface area contributed by atoms with Gasteiger partial charge < -0.3 is 5.32 Å². The number of carbonyl (C=O) groups is 1. The minimum atomic E-state index is -0.320. The minimum absolute atomic E-state index is 0.182. The van der Waals surface area contributed by atoms with E-state index in [0.29, 0.717) is 0 Å². The van der Waals surface area contributed by atoms with Gasteiger partial charge in [-0.15, -0.1) is 0 Å². The molecule has 10 heavy (non-hydrogen) atoms. The molecule has 1 aliphatic rings. The van der Waals surface area contributed by atoms with Crippen LogP contribution in [-0.4, -0.2) is 23.7 Å². The second-order valence-corrected chi connectivity index (χ2v) is 2.48. The summed E-state index contributed by atoms with van der Waals surface area (Å²) in [5, 5.41) is 11.2. The molecule has 0 unspecified atom stereocenters. The van der Waals surface area contributed by atoms with E-state index in [0.717, 1.165) is 25.8 Å². The first-order valence-corrected chi connectivity index (χ1v) is 3.52. The standard InChI is InChI=1S/C6H12N2O2/c9-6(8-10)5-3-1-2-4-7-5/h5,7,10H,1-4H2,(H,8,9)/t5-/m0/s1. The molecule has 1 amide bonds. The number of carbonyl (C=O) groups excluding carboxylic acids is 1. The largest absolute Gasteiger partial charge is 0.306 e. The minimum Gasteiger partial charge on any atom is -0.306 e. The van der Waals surface area contributed by atoms with Gasteiger partial charge in [-0.1, -0.05) is 6.42 Å². The zero-order valence-electron chi connectivity index (χ0n) is 5.76. The van der Waals surface area contributed by atoms with E-state index in [-0.39, 0.29) is 11.9 Å². The molecule has 0 saturated carbocycles. The van der Waals surface area contributed by atoms with Crippen molar-refractivity contribution in [3.05, 3.63) is 0 Å². The van der Waals surface area contributed by atoms with Gasteiger partial charge in [-0.25, -0.2) is 5.48 Å². The Morgan fingerprint density at radius 1 is 1.60 bits per heavy atom. The summed E-state index contributed by atoms with van der Waals surface area (Å²) in [5.74, 6) is -0.320. The summed E-state index contributed by atoms with van der Waals surface area (Å²) in [6, 6.07) is -0.182. The van der Waals surface area contributed by atoms with Crippen LogP contribution >= 0.6 is 0 Å². The van der Waals surface area contributed by atoms with Crippen molar-refractivity contribution >= 4 is 5.91 Å².